The summed E-state index contributed by atoms with van der Waals surface area (Å²) >= 11 is 0. The molecule has 0 heterocycles. The third-order valence-corrected chi connectivity index (χ3v) is 2.58. The van der Waals surface area contributed by atoms with Crippen LogP contribution in [0.4, 0.5) is 0 Å². The molecule has 0 aliphatic heterocycles. The van der Waals surface area contributed by atoms with Gasteiger partial charge in [0.05, 0.1) is 0 Å². The maximum Gasteiger partial charge on any atom is 0.137 e. The SMILES string of the molecule is O=C1CCCC=C(c2ccccc2)C1. The molecule has 0 aromatic heterocycles. The van der Waals surface area contributed by atoms with Crippen molar-refractivity contribution in [1.29, 1.82) is 0 Å². The summed E-state index contributed by atoms with van der Waals surface area (Å²) in [5.41, 5.74) is 2.40. The molecule has 0 spiro atoms. The first-order valence-electron chi connectivity index (χ1n) is 5.12. The van der Waals surface area contributed by atoms with Gasteiger partial charge in [0.2, 0.25) is 0 Å². The first-order valence-corrected chi connectivity index (χ1v) is 5.12. The van der Waals surface area contributed by atoms with E-state index in [1.807, 2.05) is 18.2 Å². The Bertz CT molecular complexity index is 349. The van der Waals surface area contributed by atoms with Crippen LogP contribution in [-0.4, -0.2) is 5.78 Å². The topological polar surface area (TPSA) is 17.1 Å². The van der Waals surface area contributed by atoms with Crippen molar-refractivity contribution in [3.63, 3.8) is 0 Å². The Morgan fingerprint density at radius 2 is 1.86 bits per heavy atom. The van der Waals surface area contributed by atoms with E-state index >= 15 is 0 Å². The molecule has 1 aliphatic rings. The molecule has 0 amide bonds. The van der Waals surface area contributed by atoms with Gasteiger partial charge >= 0.3 is 0 Å². The number of carbonyl (C=O) groups excluding carboxylic acids is 1. The third kappa shape index (κ3) is 2.11. The number of rotatable bonds is 1. The maximum absolute atomic E-state index is 11.4. The second-order valence-corrected chi connectivity index (χ2v) is 3.70. The molecular formula is C13H14O. The Hall–Kier alpha value is -1.37. The lowest BCUT2D eigenvalue weighted by molar-refractivity contribution is -0.118. The monoisotopic (exact) mass is 186 g/mol. The van der Waals surface area contributed by atoms with Crippen LogP contribution in [0.25, 0.3) is 5.57 Å². The summed E-state index contributed by atoms with van der Waals surface area (Å²) in [6, 6.07) is 10.2. The minimum absolute atomic E-state index is 0.373. The summed E-state index contributed by atoms with van der Waals surface area (Å²) in [7, 11) is 0. The summed E-state index contributed by atoms with van der Waals surface area (Å²) in [5, 5.41) is 0. The van der Waals surface area contributed by atoms with Crippen LogP contribution < -0.4 is 0 Å². The highest BCUT2D eigenvalue weighted by Gasteiger charge is 2.10. The highest BCUT2D eigenvalue weighted by Crippen LogP contribution is 2.23. The van der Waals surface area contributed by atoms with Crippen LogP contribution in [0.15, 0.2) is 36.4 Å². The highest BCUT2D eigenvalue weighted by molar-refractivity contribution is 5.90. The molecule has 72 valence electrons. The van der Waals surface area contributed by atoms with Gasteiger partial charge in [0, 0.05) is 12.8 Å². The minimum atomic E-state index is 0.373. The molecule has 0 fully saturated rings. The number of benzene rings is 1. The first-order chi connectivity index (χ1) is 6.86. The number of hydrogen-bond acceptors (Lipinski definition) is 1. The van der Waals surface area contributed by atoms with Crippen LogP contribution in [0, 0.1) is 0 Å². The Kier molecular flexibility index (Phi) is 2.78. The normalized spacial score (nSPS) is 17.4. The smallest absolute Gasteiger partial charge is 0.137 e. The van der Waals surface area contributed by atoms with E-state index in [2.05, 4.69) is 18.2 Å². The molecule has 0 atom stereocenters. The van der Waals surface area contributed by atoms with Crippen molar-refractivity contribution in [3.05, 3.63) is 42.0 Å². The van der Waals surface area contributed by atoms with Gasteiger partial charge in [-0.1, -0.05) is 36.4 Å². The Morgan fingerprint density at radius 1 is 1.07 bits per heavy atom. The van der Waals surface area contributed by atoms with Gasteiger partial charge in [-0.25, -0.2) is 0 Å². The molecule has 1 nitrogen and oxygen atoms in total. The summed E-state index contributed by atoms with van der Waals surface area (Å²) in [6.45, 7) is 0. The first kappa shape index (κ1) is 9.20. The van der Waals surface area contributed by atoms with Crippen molar-refractivity contribution in [2.45, 2.75) is 25.7 Å². The fourth-order valence-corrected chi connectivity index (χ4v) is 1.82. The zero-order chi connectivity index (χ0) is 9.80. The lowest BCUT2D eigenvalue weighted by Gasteiger charge is -2.03. The van der Waals surface area contributed by atoms with E-state index in [0.29, 0.717) is 12.2 Å². The fraction of sp³-hybridized carbons (Fsp3) is 0.308. The van der Waals surface area contributed by atoms with Gasteiger partial charge in [0.15, 0.2) is 0 Å². The van der Waals surface area contributed by atoms with Gasteiger partial charge in [-0.05, 0) is 24.0 Å². The molecular weight excluding hydrogens is 172 g/mol. The standard InChI is InChI=1S/C13H14O/c14-13-9-5-4-8-12(10-13)11-6-2-1-3-7-11/h1-3,6-8H,4-5,9-10H2. The number of hydrogen-bond donors (Lipinski definition) is 0. The van der Waals surface area contributed by atoms with Crippen molar-refractivity contribution in [1.82, 2.24) is 0 Å². The Labute approximate surface area is 84.5 Å². The zero-order valence-corrected chi connectivity index (χ0v) is 8.20. The predicted octanol–water partition coefficient (Wildman–Crippen LogP) is 3.21. The number of ketones is 1. The fourth-order valence-electron chi connectivity index (χ4n) is 1.82. The van der Waals surface area contributed by atoms with Gasteiger partial charge in [-0.3, -0.25) is 4.79 Å². The molecule has 0 saturated carbocycles. The molecule has 0 N–H and O–H groups in total. The van der Waals surface area contributed by atoms with Crippen molar-refractivity contribution < 1.29 is 4.79 Å². The second-order valence-electron chi connectivity index (χ2n) is 3.70. The average Bonchev–Trinajstić information content (AvgIpc) is 2.44. The lowest BCUT2D eigenvalue weighted by atomic mass is 10.0. The largest absolute Gasteiger partial charge is 0.299 e. The van der Waals surface area contributed by atoms with E-state index in [4.69, 9.17) is 0 Å². The predicted molar refractivity (Wildman–Crippen MR) is 57.9 cm³/mol. The van der Waals surface area contributed by atoms with E-state index in [1.54, 1.807) is 0 Å². The third-order valence-electron chi connectivity index (χ3n) is 2.58. The Balaban J connectivity index is 2.25. The number of carbonyl (C=O) groups is 1. The summed E-state index contributed by atoms with van der Waals surface area (Å²) in [5.74, 6) is 0.373. The molecule has 0 radical (unpaired) electrons. The lowest BCUT2D eigenvalue weighted by Crippen LogP contribution is -1.96. The number of Topliss-reactive ketones (excluding diaryl/α,β-unsaturated/α-hetero) is 1. The van der Waals surface area contributed by atoms with Crippen molar-refractivity contribution in [3.8, 4) is 0 Å². The molecule has 14 heavy (non-hydrogen) atoms. The second kappa shape index (κ2) is 4.23. The molecule has 1 aliphatic carbocycles. The van der Waals surface area contributed by atoms with E-state index < -0.39 is 0 Å². The molecule has 1 aromatic rings. The van der Waals surface area contributed by atoms with E-state index in [9.17, 15) is 4.79 Å². The van der Waals surface area contributed by atoms with Crippen molar-refractivity contribution >= 4 is 11.4 Å². The molecule has 1 heteroatoms. The summed E-state index contributed by atoms with van der Waals surface area (Å²) in [6.07, 6.45) is 5.61. The van der Waals surface area contributed by atoms with E-state index in [-0.39, 0.29) is 0 Å². The molecule has 2 rings (SSSR count). The van der Waals surface area contributed by atoms with E-state index in [0.717, 1.165) is 19.3 Å². The molecule has 1 aromatic carbocycles. The summed E-state index contributed by atoms with van der Waals surface area (Å²) < 4.78 is 0. The van der Waals surface area contributed by atoms with Crippen molar-refractivity contribution in [2.75, 3.05) is 0 Å². The van der Waals surface area contributed by atoms with Gasteiger partial charge in [0.25, 0.3) is 0 Å². The van der Waals surface area contributed by atoms with Gasteiger partial charge in [0.1, 0.15) is 5.78 Å². The van der Waals surface area contributed by atoms with Crippen LogP contribution in [0.2, 0.25) is 0 Å². The highest BCUT2D eigenvalue weighted by atomic mass is 16.1. The molecule has 0 saturated heterocycles. The maximum atomic E-state index is 11.4. The summed E-state index contributed by atoms with van der Waals surface area (Å²) in [4.78, 5) is 11.4. The zero-order valence-electron chi connectivity index (χ0n) is 8.20. The Morgan fingerprint density at radius 3 is 2.64 bits per heavy atom. The van der Waals surface area contributed by atoms with Crippen molar-refractivity contribution in [2.24, 2.45) is 0 Å². The quantitative estimate of drug-likeness (QED) is 0.658. The van der Waals surface area contributed by atoms with Crippen LogP contribution in [0.3, 0.4) is 0 Å². The van der Waals surface area contributed by atoms with Crippen LogP contribution >= 0.6 is 0 Å². The average molecular weight is 186 g/mol. The molecule has 0 unspecified atom stereocenters. The van der Waals surface area contributed by atoms with Crippen LogP contribution in [-0.2, 0) is 4.79 Å². The van der Waals surface area contributed by atoms with Gasteiger partial charge < -0.3 is 0 Å². The number of allylic oxidation sites excluding steroid dienone is 2. The molecule has 0 bridgehead atoms. The van der Waals surface area contributed by atoms with Crippen LogP contribution in [0.5, 0.6) is 0 Å². The van der Waals surface area contributed by atoms with Gasteiger partial charge in [-0.15, -0.1) is 0 Å². The minimum Gasteiger partial charge on any atom is -0.299 e. The van der Waals surface area contributed by atoms with Crippen LogP contribution in [0.1, 0.15) is 31.2 Å². The van der Waals surface area contributed by atoms with Gasteiger partial charge in [-0.2, -0.15) is 0 Å². The van der Waals surface area contributed by atoms with E-state index in [1.165, 1.54) is 11.1 Å².